The Labute approximate surface area is 169 Å². The van der Waals surface area contributed by atoms with Gasteiger partial charge in [-0.3, -0.25) is 4.79 Å². The zero-order valence-corrected chi connectivity index (χ0v) is 16.2. The smallest absolute Gasteiger partial charge is 0.255 e. The number of carbonyl (C=O) groups is 1. The highest BCUT2D eigenvalue weighted by Crippen LogP contribution is 2.32. The molecule has 0 unspecified atom stereocenters. The molecule has 156 valence electrons. The third-order valence-corrected chi connectivity index (χ3v) is 5.12. The van der Waals surface area contributed by atoms with Crippen LogP contribution in [0.3, 0.4) is 0 Å². The molecule has 0 spiro atoms. The van der Waals surface area contributed by atoms with Crippen LogP contribution in [0.4, 0.5) is 5.69 Å². The van der Waals surface area contributed by atoms with Crippen LogP contribution in [-0.2, 0) is 11.2 Å². The largest absolute Gasteiger partial charge is 0.394 e. The van der Waals surface area contributed by atoms with E-state index in [0.29, 0.717) is 16.8 Å². The quantitative estimate of drug-likeness (QED) is 0.499. The number of aliphatic hydroxyl groups excluding tert-OH is 4. The Bertz CT molecular complexity index is 822. The second-order valence-electron chi connectivity index (χ2n) is 7.28. The Morgan fingerprint density at radius 1 is 1.03 bits per heavy atom. The van der Waals surface area contributed by atoms with E-state index in [1.807, 2.05) is 24.3 Å². The Balaban J connectivity index is 1.75. The molecule has 3 rings (SSSR count). The van der Waals surface area contributed by atoms with Crippen molar-refractivity contribution in [2.24, 2.45) is 0 Å². The van der Waals surface area contributed by atoms with Crippen LogP contribution in [0.1, 0.15) is 40.9 Å². The van der Waals surface area contributed by atoms with Crippen LogP contribution in [-0.4, -0.2) is 57.4 Å². The zero-order chi connectivity index (χ0) is 21.0. The molecule has 1 aliphatic heterocycles. The number of amides is 1. The van der Waals surface area contributed by atoms with Crippen LogP contribution in [0, 0.1) is 0 Å². The van der Waals surface area contributed by atoms with Gasteiger partial charge < -0.3 is 30.5 Å². The van der Waals surface area contributed by atoms with E-state index in [9.17, 15) is 25.2 Å². The fraction of sp³-hybridized carbons (Fsp3) is 0.409. The molecule has 1 amide bonds. The minimum absolute atomic E-state index is 0.320. The Morgan fingerprint density at radius 3 is 2.41 bits per heavy atom. The summed E-state index contributed by atoms with van der Waals surface area (Å²) in [6.45, 7) is 1.60. The van der Waals surface area contributed by atoms with E-state index in [1.54, 1.807) is 24.3 Å². The van der Waals surface area contributed by atoms with Gasteiger partial charge in [-0.15, -0.1) is 0 Å². The monoisotopic (exact) mass is 401 g/mol. The number of ether oxygens (including phenoxy) is 1. The summed E-state index contributed by atoms with van der Waals surface area (Å²) in [4.78, 5) is 12.6. The standard InChI is InChI=1S/C22H27NO6/c1-2-4-13-7-9-16(10-8-13)23-22(28)15-6-3-5-14(11-15)21-20(27)19(26)18(25)17(12-24)29-21/h3,5-11,17-21,24-27H,2,4,12H2,1H3,(H,23,28)/t17-,18-,19+,20-,21-/m1/s1. The number of hydrogen-bond donors (Lipinski definition) is 5. The van der Waals surface area contributed by atoms with Gasteiger partial charge >= 0.3 is 0 Å². The average molecular weight is 401 g/mol. The lowest BCUT2D eigenvalue weighted by Gasteiger charge is -2.40. The van der Waals surface area contributed by atoms with Gasteiger partial charge in [-0.1, -0.05) is 37.6 Å². The van der Waals surface area contributed by atoms with Crippen molar-refractivity contribution in [2.75, 3.05) is 11.9 Å². The lowest BCUT2D eigenvalue weighted by atomic mass is 9.90. The van der Waals surface area contributed by atoms with Crippen LogP contribution in [0.2, 0.25) is 0 Å². The summed E-state index contributed by atoms with van der Waals surface area (Å²) in [5.41, 5.74) is 2.70. The van der Waals surface area contributed by atoms with E-state index < -0.39 is 37.1 Å². The van der Waals surface area contributed by atoms with Gasteiger partial charge in [0, 0.05) is 11.3 Å². The minimum Gasteiger partial charge on any atom is -0.394 e. The molecule has 0 saturated carbocycles. The Kier molecular flexibility index (Phi) is 7.00. The maximum Gasteiger partial charge on any atom is 0.255 e. The summed E-state index contributed by atoms with van der Waals surface area (Å²) in [5.74, 6) is -0.320. The summed E-state index contributed by atoms with van der Waals surface area (Å²) < 4.78 is 5.56. The van der Waals surface area contributed by atoms with Crippen LogP contribution >= 0.6 is 0 Å². The lowest BCUT2D eigenvalue weighted by molar-refractivity contribution is -0.231. The van der Waals surface area contributed by atoms with E-state index in [-0.39, 0.29) is 5.91 Å². The van der Waals surface area contributed by atoms with Crippen LogP contribution < -0.4 is 5.32 Å². The third kappa shape index (κ3) is 4.83. The number of hydrogen-bond acceptors (Lipinski definition) is 6. The fourth-order valence-corrected chi connectivity index (χ4v) is 3.48. The molecule has 0 aliphatic carbocycles. The number of anilines is 1. The first-order valence-electron chi connectivity index (χ1n) is 9.75. The molecule has 0 radical (unpaired) electrons. The van der Waals surface area contributed by atoms with Crippen LogP contribution in [0.25, 0.3) is 0 Å². The van der Waals surface area contributed by atoms with Gasteiger partial charge in [0.2, 0.25) is 0 Å². The van der Waals surface area contributed by atoms with E-state index in [4.69, 9.17) is 4.74 Å². The summed E-state index contributed by atoms with van der Waals surface area (Å²) in [6, 6.07) is 14.2. The predicted octanol–water partition coefficient (Wildman–Crippen LogP) is 1.41. The van der Waals surface area contributed by atoms with Crippen molar-refractivity contribution in [3.05, 3.63) is 65.2 Å². The van der Waals surface area contributed by atoms with Crippen molar-refractivity contribution in [3.8, 4) is 0 Å². The molecule has 0 bridgehead atoms. The zero-order valence-electron chi connectivity index (χ0n) is 16.2. The molecule has 29 heavy (non-hydrogen) atoms. The van der Waals surface area contributed by atoms with E-state index in [2.05, 4.69) is 12.2 Å². The Hall–Kier alpha value is -2.29. The summed E-state index contributed by atoms with van der Waals surface area (Å²) in [6.07, 6.45) is -4.23. The molecule has 5 atom stereocenters. The maximum atomic E-state index is 12.6. The fourth-order valence-electron chi connectivity index (χ4n) is 3.48. The average Bonchev–Trinajstić information content (AvgIpc) is 2.74. The van der Waals surface area contributed by atoms with Crippen LogP contribution in [0.15, 0.2) is 48.5 Å². The van der Waals surface area contributed by atoms with Crippen molar-refractivity contribution in [1.29, 1.82) is 0 Å². The number of benzene rings is 2. The van der Waals surface area contributed by atoms with E-state index in [1.165, 1.54) is 5.56 Å². The van der Waals surface area contributed by atoms with Gasteiger partial charge in [-0.2, -0.15) is 0 Å². The molecule has 1 aliphatic rings. The Morgan fingerprint density at radius 2 is 1.76 bits per heavy atom. The minimum atomic E-state index is -1.47. The molecular formula is C22H27NO6. The highest BCUT2D eigenvalue weighted by Gasteiger charge is 2.43. The molecule has 1 heterocycles. The molecule has 7 nitrogen and oxygen atoms in total. The highest BCUT2D eigenvalue weighted by atomic mass is 16.5. The third-order valence-electron chi connectivity index (χ3n) is 5.12. The maximum absolute atomic E-state index is 12.6. The van der Waals surface area contributed by atoms with E-state index in [0.717, 1.165) is 12.8 Å². The van der Waals surface area contributed by atoms with Gasteiger partial charge in [0.25, 0.3) is 5.91 Å². The predicted molar refractivity (Wildman–Crippen MR) is 108 cm³/mol. The van der Waals surface area contributed by atoms with Gasteiger partial charge in [0.15, 0.2) is 0 Å². The van der Waals surface area contributed by atoms with E-state index >= 15 is 0 Å². The van der Waals surface area contributed by atoms with Crippen molar-refractivity contribution >= 4 is 11.6 Å². The second kappa shape index (κ2) is 9.47. The molecule has 0 aromatic heterocycles. The first-order chi connectivity index (χ1) is 13.9. The van der Waals surface area contributed by atoms with Crippen molar-refractivity contribution in [2.45, 2.75) is 50.3 Å². The number of aliphatic hydroxyl groups is 4. The number of nitrogens with one attached hydrogen (secondary N) is 1. The first-order valence-corrected chi connectivity index (χ1v) is 9.75. The molecule has 2 aromatic rings. The molecule has 7 heteroatoms. The van der Waals surface area contributed by atoms with Gasteiger partial charge in [-0.05, 0) is 41.8 Å². The number of rotatable bonds is 6. The number of carbonyl (C=O) groups excluding carboxylic acids is 1. The topological polar surface area (TPSA) is 119 Å². The SMILES string of the molecule is CCCc1ccc(NC(=O)c2cccc([C@H]3O[C@H](CO)[C@@H](O)[C@H](O)[C@H]3O)c2)cc1. The summed E-state index contributed by atoms with van der Waals surface area (Å²) in [7, 11) is 0. The highest BCUT2D eigenvalue weighted by molar-refractivity contribution is 6.04. The van der Waals surface area contributed by atoms with Crippen molar-refractivity contribution in [3.63, 3.8) is 0 Å². The number of aryl methyl sites for hydroxylation is 1. The van der Waals surface area contributed by atoms with Crippen LogP contribution in [0.5, 0.6) is 0 Å². The van der Waals surface area contributed by atoms with Gasteiger partial charge in [-0.25, -0.2) is 0 Å². The lowest BCUT2D eigenvalue weighted by Crippen LogP contribution is -2.55. The van der Waals surface area contributed by atoms with Gasteiger partial charge in [0.1, 0.15) is 30.5 Å². The molecule has 5 N–H and O–H groups in total. The molecular weight excluding hydrogens is 374 g/mol. The first kappa shape index (κ1) is 21.4. The molecule has 2 aromatic carbocycles. The van der Waals surface area contributed by atoms with Crippen molar-refractivity contribution in [1.82, 2.24) is 0 Å². The summed E-state index contributed by atoms with van der Waals surface area (Å²) in [5, 5.41) is 42.4. The molecule has 1 saturated heterocycles. The second-order valence-corrected chi connectivity index (χ2v) is 7.28. The van der Waals surface area contributed by atoms with Gasteiger partial charge in [0.05, 0.1) is 6.61 Å². The normalized spacial score (nSPS) is 26.9. The summed E-state index contributed by atoms with van der Waals surface area (Å²) >= 11 is 0. The molecule has 1 fully saturated rings. The van der Waals surface area contributed by atoms with Crippen molar-refractivity contribution < 1.29 is 30.0 Å².